The number of rotatable bonds is 13. The zero-order valence-electron chi connectivity index (χ0n) is 17.0. The number of anilines is 1. The van der Waals surface area contributed by atoms with Crippen molar-refractivity contribution in [2.75, 3.05) is 11.9 Å². The van der Waals surface area contributed by atoms with Gasteiger partial charge in [0.2, 0.25) is 0 Å². The molecule has 0 saturated carbocycles. The highest BCUT2D eigenvalue weighted by atomic mass is 16.6. The molecule has 5 nitrogen and oxygen atoms in total. The molecule has 0 aliphatic rings. The first kappa shape index (κ1) is 21.6. The first-order valence-electron chi connectivity index (χ1n) is 9.95. The maximum atomic E-state index is 8.02. The van der Waals surface area contributed by atoms with Crippen molar-refractivity contribution in [2.45, 2.75) is 46.1 Å². The zero-order valence-corrected chi connectivity index (χ0v) is 17.0. The number of unbranched alkanes of at least 4 members (excludes halogenated alkanes) is 1. The summed E-state index contributed by atoms with van der Waals surface area (Å²) in [5, 5.41) is 11.5. The van der Waals surface area contributed by atoms with Gasteiger partial charge in [-0.2, -0.15) is 0 Å². The first-order chi connectivity index (χ1) is 13.6. The molecule has 1 atom stereocenters. The van der Waals surface area contributed by atoms with Crippen LogP contribution in [0.15, 0.2) is 55.4 Å². The van der Waals surface area contributed by atoms with E-state index in [0.29, 0.717) is 24.8 Å². The molecule has 3 N–H and O–H groups in total. The van der Waals surface area contributed by atoms with Crippen molar-refractivity contribution in [1.29, 1.82) is 5.41 Å². The van der Waals surface area contributed by atoms with E-state index in [4.69, 9.17) is 10.2 Å². The van der Waals surface area contributed by atoms with E-state index in [2.05, 4.69) is 36.2 Å². The number of nitrogens with one attached hydrogen (secondary N) is 3. The number of hydroxylamine groups is 1. The van der Waals surface area contributed by atoms with Gasteiger partial charge in [-0.05, 0) is 48.9 Å². The highest BCUT2D eigenvalue weighted by molar-refractivity contribution is 5.81. The van der Waals surface area contributed by atoms with Gasteiger partial charge in [0.1, 0.15) is 0 Å². The van der Waals surface area contributed by atoms with Crippen LogP contribution in [0.25, 0.3) is 5.70 Å². The standard InChI is InChI=1S/C23H32N4O/c1-4-5-8-21(24)15-18(2)17-28-27-19(3)22-9-6-7-10-23(22)26-16-20-11-13-25-14-12-20/h6-7,9-14,18,24,26-27H,3-5,8,15-17H2,1-2H3. The Bertz CT molecular complexity index is 745. The van der Waals surface area contributed by atoms with Crippen molar-refractivity contribution in [2.24, 2.45) is 5.92 Å². The minimum Gasteiger partial charge on any atom is -0.380 e. The molecule has 150 valence electrons. The SMILES string of the molecule is C=C(NOCC(C)CC(=N)CCCC)c1ccccc1NCc1ccncc1. The lowest BCUT2D eigenvalue weighted by Gasteiger charge is -2.17. The second-order valence-electron chi connectivity index (χ2n) is 7.16. The van der Waals surface area contributed by atoms with Gasteiger partial charge in [-0.3, -0.25) is 15.3 Å². The molecule has 0 spiro atoms. The first-order valence-corrected chi connectivity index (χ1v) is 9.95. The number of benzene rings is 1. The lowest BCUT2D eigenvalue weighted by Crippen LogP contribution is -2.19. The van der Waals surface area contributed by atoms with E-state index in [9.17, 15) is 0 Å². The lowest BCUT2D eigenvalue weighted by molar-refractivity contribution is 0.0555. The number of aromatic nitrogens is 1. The Labute approximate surface area is 168 Å². The van der Waals surface area contributed by atoms with Crippen molar-refractivity contribution < 1.29 is 4.84 Å². The Kier molecular flexibility index (Phi) is 9.22. The molecular weight excluding hydrogens is 348 g/mol. The van der Waals surface area contributed by atoms with Crippen molar-refractivity contribution in [3.05, 3.63) is 66.5 Å². The summed E-state index contributed by atoms with van der Waals surface area (Å²) in [6.45, 7) is 9.62. The summed E-state index contributed by atoms with van der Waals surface area (Å²) in [4.78, 5) is 9.70. The number of para-hydroxylation sites is 1. The number of hydrogen-bond acceptors (Lipinski definition) is 5. The van der Waals surface area contributed by atoms with Crippen LogP contribution >= 0.6 is 0 Å². The third-order valence-corrected chi connectivity index (χ3v) is 4.47. The molecule has 0 aliphatic carbocycles. The summed E-state index contributed by atoms with van der Waals surface area (Å²) in [5.74, 6) is 0.296. The molecule has 2 aromatic rings. The normalized spacial score (nSPS) is 11.6. The molecule has 0 saturated heterocycles. The van der Waals surface area contributed by atoms with Crippen molar-refractivity contribution in [1.82, 2.24) is 10.5 Å². The fourth-order valence-corrected chi connectivity index (χ4v) is 2.90. The van der Waals surface area contributed by atoms with Gasteiger partial charge in [0, 0.05) is 35.9 Å². The van der Waals surface area contributed by atoms with Crippen LogP contribution in [0, 0.1) is 11.3 Å². The Morgan fingerprint density at radius 2 is 1.96 bits per heavy atom. The average molecular weight is 381 g/mol. The van der Waals surface area contributed by atoms with Gasteiger partial charge in [0.05, 0.1) is 12.3 Å². The molecule has 1 heterocycles. The van der Waals surface area contributed by atoms with E-state index in [-0.39, 0.29) is 0 Å². The molecule has 0 aliphatic heterocycles. The maximum Gasteiger partial charge on any atom is 0.0775 e. The summed E-state index contributed by atoms with van der Waals surface area (Å²) in [6.07, 6.45) is 7.46. The third-order valence-electron chi connectivity index (χ3n) is 4.47. The van der Waals surface area contributed by atoms with E-state index < -0.39 is 0 Å². The van der Waals surface area contributed by atoms with E-state index in [0.717, 1.165) is 42.6 Å². The molecule has 0 amide bonds. The lowest BCUT2D eigenvalue weighted by atomic mass is 10.0. The highest BCUT2D eigenvalue weighted by Gasteiger charge is 2.09. The molecule has 1 aromatic heterocycles. The zero-order chi connectivity index (χ0) is 20.2. The largest absolute Gasteiger partial charge is 0.380 e. The molecule has 2 rings (SSSR count). The van der Waals surface area contributed by atoms with Crippen LogP contribution in [-0.4, -0.2) is 17.3 Å². The van der Waals surface area contributed by atoms with E-state index in [1.807, 2.05) is 36.4 Å². The Balaban J connectivity index is 1.81. The third kappa shape index (κ3) is 7.53. The van der Waals surface area contributed by atoms with Gasteiger partial charge in [-0.15, -0.1) is 0 Å². The second-order valence-corrected chi connectivity index (χ2v) is 7.16. The fraction of sp³-hybridized carbons (Fsp3) is 0.391. The minimum absolute atomic E-state index is 0.296. The predicted molar refractivity (Wildman–Crippen MR) is 117 cm³/mol. The summed E-state index contributed by atoms with van der Waals surface area (Å²) in [7, 11) is 0. The Hall–Kier alpha value is -2.66. The molecule has 1 unspecified atom stereocenters. The van der Waals surface area contributed by atoms with E-state index >= 15 is 0 Å². The van der Waals surface area contributed by atoms with Crippen molar-refractivity contribution >= 4 is 17.1 Å². The molecule has 0 radical (unpaired) electrons. The summed E-state index contributed by atoms with van der Waals surface area (Å²) >= 11 is 0. The number of nitrogens with zero attached hydrogens (tertiary/aromatic N) is 1. The highest BCUT2D eigenvalue weighted by Crippen LogP contribution is 2.22. The summed E-state index contributed by atoms with van der Waals surface area (Å²) < 4.78 is 0. The van der Waals surface area contributed by atoms with Crippen molar-refractivity contribution in [3.63, 3.8) is 0 Å². The molecule has 0 fully saturated rings. The topological polar surface area (TPSA) is 70.0 Å². The molecule has 5 heteroatoms. The molecular formula is C23H32N4O. The fourth-order valence-electron chi connectivity index (χ4n) is 2.90. The smallest absolute Gasteiger partial charge is 0.0775 e. The van der Waals surface area contributed by atoms with Crippen LogP contribution < -0.4 is 10.8 Å². The Morgan fingerprint density at radius 1 is 1.21 bits per heavy atom. The Morgan fingerprint density at radius 3 is 2.71 bits per heavy atom. The van der Waals surface area contributed by atoms with Crippen LogP contribution in [-0.2, 0) is 11.4 Å². The molecule has 28 heavy (non-hydrogen) atoms. The van der Waals surface area contributed by atoms with Crippen LogP contribution in [0.1, 0.15) is 50.7 Å². The van der Waals surface area contributed by atoms with Gasteiger partial charge in [-0.25, -0.2) is 0 Å². The molecule has 1 aromatic carbocycles. The van der Waals surface area contributed by atoms with Crippen LogP contribution in [0.3, 0.4) is 0 Å². The second kappa shape index (κ2) is 11.9. The summed E-state index contributed by atoms with van der Waals surface area (Å²) in [5.41, 5.74) is 7.62. The van der Waals surface area contributed by atoms with Crippen molar-refractivity contribution in [3.8, 4) is 0 Å². The van der Waals surface area contributed by atoms with E-state index in [1.165, 1.54) is 5.56 Å². The van der Waals surface area contributed by atoms with Gasteiger partial charge in [0.25, 0.3) is 0 Å². The summed E-state index contributed by atoms with van der Waals surface area (Å²) in [6, 6.07) is 12.0. The minimum atomic E-state index is 0.296. The van der Waals surface area contributed by atoms with Gasteiger partial charge in [-0.1, -0.05) is 45.0 Å². The quantitative estimate of drug-likeness (QED) is 0.320. The van der Waals surface area contributed by atoms with Gasteiger partial charge in [0.15, 0.2) is 0 Å². The average Bonchev–Trinajstić information content (AvgIpc) is 2.71. The maximum absolute atomic E-state index is 8.02. The van der Waals surface area contributed by atoms with E-state index in [1.54, 1.807) is 12.4 Å². The molecule has 0 bridgehead atoms. The van der Waals surface area contributed by atoms with Crippen LogP contribution in [0.2, 0.25) is 0 Å². The monoisotopic (exact) mass is 380 g/mol. The number of hydrogen-bond donors (Lipinski definition) is 3. The number of pyridine rings is 1. The van der Waals surface area contributed by atoms with Crippen LogP contribution in [0.5, 0.6) is 0 Å². The predicted octanol–water partition coefficient (Wildman–Crippen LogP) is 5.42. The van der Waals surface area contributed by atoms with Gasteiger partial charge < -0.3 is 10.7 Å². The van der Waals surface area contributed by atoms with Crippen LogP contribution in [0.4, 0.5) is 5.69 Å². The van der Waals surface area contributed by atoms with Gasteiger partial charge >= 0.3 is 0 Å².